The number of carbonyl (C=O) groups excluding carboxylic acids is 1. The van der Waals surface area contributed by atoms with Crippen molar-refractivity contribution in [1.82, 2.24) is 15.0 Å². The lowest BCUT2D eigenvalue weighted by Crippen LogP contribution is -2.28. The van der Waals surface area contributed by atoms with Crippen LogP contribution in [0.2, 0.25) is 0 Å². The smallest absolute Gasteiger partial charge is 0.233 e. The van der Waals surface area contributed by atoms with E-state index in [0.29, 0.717) is 18.8 Å². The molecule has 0 saturated heterocycles. The fourth-order valence-corrected chi connectivity index (χ4v) is 2.94. The highest BCUT2D eigenvalue weighted by Gasteiger charge is 2.32. The van der Waals surface area contributed by atoms with Crippen molar-refractivity contribution in [3.63, 3.8) is 0 Å². The Morgan fingerprint density at radius 1 is 1.30 bits per heavy atom. The van der Waals surface area contributed by atoms with Crippen molar-refractivity contribution in [1.29, 1.82) is 0 Å². The van der Waals surface area contributed by atoms with E-state index in [0.717, 1.165) is 33.8 Å². The SMILES string of the molecule is COc1c(C)cnc(CN2C(=O)Cc3c(C)nc(N)nc32)c1C. The van der Waals surface area contributed by atoms with E-state index in [1.165, 1.54) is 0 Å². The van der Waals surface area contributed by atoms with E-state index in [1.54, 1.807) is 18.2 Å². The van der Waals surface area contributed by atoms with Crippen molar-refractivity contribution in [2.45, 2.75) is 33.7 Å². The predicted molar refractivity (Wildman–Crippen MR) is 86.3 cm³/mol. The quantitative estimate of drug-likeness (QED) is 0.922. The number of amides is 1. The van der Waals surface area contributed by atoms with Gasteiger partial charge in [-0.05, 0) is 20.8 Å². The fraction of sp³-hybridized carbons (Fsp3) is 0.375. The Kier molecular flexibility index (Phi) is 3.63. The number of aryl methyl sites for hydroxylation is 2. The summed E-state index contributed by atoms with van der Waals surface area (Å²) in [5.41, 5.74) is 9.98. The molecule has 0 aliphatic carbocycles. The molecule has 0 atom stereocenters. The normalized spacial score (nSPS) is 13.4. The first-order valence-corrected chi connectivity index (χ1v) is 7.34. The molecule has 0 unspecified atom stereocenters. The van der Waals surface area contributed by atoms with Gasteiger partial charge in [0.25, 0.3) is 0 Å². The monoisotopic (exact) mass is 313 g/mol. The van der Waals surface area contributed by atoms with Gasteiger partial charge in [0.2, 0.25) is 11.9 Å². The maximum atomic E-state index is 12.4. The van der Waals surface area contributed by atoms with Crippen LogP contribution in [0.25, 0.3) is 0 Å². The number of fused-ring (bicyclic) bond motifs is 1. The average Bonchev–Trinajstić information content (AvgIpc) is 2.79. The first-order valence-electron chi connectivity index (χ1n) is 7.34. The Bertz CT molecular complexity index is 804. The molecule has 3 rings (SSSR count). The van der Waals surface area contributed by atoms with Gasteiger partial charge < -0.3 is 10.5 Å². The topological polar surface area (TPSA) is 94.2 Å². The van der Waals surface area contributed by atoms with Crippen LogP contribution in [0.1, 0.15) is 28.1 Å². The summed E-state index contributed by atoms with van der Waals surface area (Å²) in [5, 5.41) is 0. The van der Waals surface area contributed by atoms with Crippen LogP contribution in [-0.4, -0.2) is 28.0 Å². The molecule has 23 heavy (non-hydrogen) atoms. The van der Waals surface area contributed by atoms with Gasteiger partial charge in [-0.2, -0.15) is 4.98 Å². The van der Waals surface area contributed by atoms with E-state index in [4.69, 9.17) is 10.5 Å². The molecule has 0 aromatic carbocycles. The molecular formula is C16H19N5O2. The van der Waals surface area contributed by atoms with Gasteiger partial charge in [-0.1, -0.05) is 0 Å². The summed E-state index contributed by atoms with van der Waals surface area (Å²) in [4.78, 5) is 26.8. The largest absolute Gasteiger partial charge is 0.496 e. The predicted octanol–water partition coefficient (Wildman–Crippen LogP) is 1.48. The molecule has 1 aliphatic rings. The third-order valence-corrected chi connectivity index (χ3v) is 4.15. The summed E-state index contributed by atoms with van der Waals surface area (Å²) in [6.07, 6.45) is 2.05. The Hall–Kier alpha value is -2.70. The van der Waals surface area contributed by atoms with E-state index in [9.17, 15) is 4.79 Å². The Morgan fingerprint density at radius 2 is 2.04 bits per heavy atom. The number of methoxy groups -OCH3 is 1. The molecule has 0 radical (unpaired) electrons. The van der Waals surface area contributed by atoms with Gasteiger partial charge in [0.05, 0.1) is 25.8 Å². The lowest BCUT2D eigenvalue weighted by atomic mass is 10.1. The molecule has 7 nitrogen and oxygen atoms in total. The second-order valence-corrected chi connectivity index (χ2v) is 5.67. The number of nitrogens with two attached hydrogens (primary N) is 1. The minimum atomic E-state index is -0.0243. The first-order chi connectivity index (χ1) is 10.9. The van der Waals surface area contributed by atoms with Crippen LogP contribution in [0.4, 0.5) is 11.8 Å². The molecule has 120 valence electrons. The van der Waals surface area contributed by atoms with Gasteiger partial charge in [-0.3, -0.25) is 14.7 Å². The lowest BCUT2D eigenvalue weighted by molar-refractivity contribution is -0.117. The molecule has 2 aromatic rings. The van der Waals surface area contributed by atoms with Gasteiger partial charge >= 0.3 is 0 Å². The molecule has 1 amide bonds. The summed E-state index contributed by atoms with van der Waals surface area (Å²) in [6, 6.07) is 0. The zero-order valence-corrected chi connectivity index (χ0v) is 13.7. The fourth-order valence-electron chi connectivity index (χ4n) is 2.94. The molecule has 0 saturated carbocycles. The maximum absolute atomic E-state index is 12.4. The van der Waals surface area contributed by atoms with Crippen molar-refractivity contribution in [3.05, 3.63) is 34.3 Å². The molecular weight excluding hydrogens is 294 g/mol. The molecule has 0 bridgehead atoms. The average molecular weight is 313 g/mol. The number of aromatic nitrogens is 3. The van der Waals surface area contributed by atoms with Gasteiger partial charge in [-0.25, -0.2) is 4.98 Å². The Labute approximate surface area is 134 Å². The highest BCUT2D eigenvalue weighted by molar-refractivity contribution is 6.00. The minimum absolute atomic E-state index is 0.0243. The number of hydrogen-bond acceptors (Lipinski definition) is 6. The molecule has 1 aliphatic heterocycles. The molecule has 0 spiro atoms. The number of pyridine rings is 1. The zero-order valence-electron chi connectivity index (χ0n) is 13.7. The van der Waals surface area contributed by atoms with Crippen LogP contribution in [0.3, 0.4) is 0 Å². The second-order valence-electron chi connectivity index (χ2n) is 5.67. The van der Waals surface area contributed by atoms with E-state index in [2.05, 4.69) is 15.0 Å². The van der Waals surface area contributed by atoms with Crippen molar-refractivity contribution in [2.24, 2.45) is 0 Å². The first kappa shape index (κ1) is 15.2. The van der Waals surface area contributed by atoms with E-state index in [1.807, 2.05) is 20.8 Å². The molecule has 7 heteroatoms. The van der Waals surface area contributed by atoms with Crippen molar-refractivity contribution >= 4 is 17.7 Å². The minimum Gasteiger partial charge on any atom is -0.496 e. The highest BCUT2D eigenvalue weighted by atomic mass is 16.5. The van der Waals surface area contributed by atoms with Crippen LogP contribution in [-0.2, 0) is 17.8 Å². The number of nitrogen functional groups attached to an aromatic ring is 1. The number of rotatable bonds is 3. The van der Waals surface area contributed by atoms with Crippen LogP contribution in [0.5, 0.6) is 5.75 Å². The third kappa shape index (κ3) is 2.48. The number of anilines is 2. The summed E-state index contributed by atoms with van der Waals surface area (Å²) < 4.78 is 5.43. The number of carbonyl (C=O) groups is 1. The number of nitrogens with zero attached hydrogens (tertiary/aromatic N) is 4. The van der Waals surface area contributed by atoms with Gasteiger partial charge in [0.15, 0.2) is 0 Å². The van der Waals surface area contributed by atoms with Crippen molar-refractivity contribution < 1.29 is 9.53 Å². The van der Waals surface area contributed by atoms with E-state index in [-0.39, 0.29) is 11.9 Å². The van der Waals surface area contributed by atoms with E-state index >= 15 is 0 Å². The summed E-state index contributed by atoms with van der Waals surface area (Å²) in [5.74, 6) is 1.52. The van der Waals surface area contributed by atoms with E-state index < -0.39 is 0 Å². The lowest BCUT2D eigenvalue weighted by Gasteiger charge is -2.19. The van der Waals surface area contributed by atoms with Crippen molar-refractivity contribution in [2.75, 3.05) is 17.7 Å². The Morgan fingerprint density at radius 3 is 2.74 bits per heavy atom. The van der Waals surface area contributed by atoms with Crippen LogP contribution < -0.4 is 15.4 Å². The molecule has 3 heterocycles. The standard InChI is InChI=1S/C16H19N5O2/c1-8-6-18-12(9(2)14(8)23-4)7-21-13(22)5-11-10(3)19-16(17)20-15(11)21/h6H,5,7H2,1-4H3,(H2,17,19,20). The summed E-state index contributed by atoms with van der Waals surface area (Å²) >= 11 is 0. The zero-order chi connectivity index (χ0) is 16.7. The summed E-state index contributed by atoms with van der Waals surface area (Å²) in [7, 11) is 1.63. The maximum Gasteiger partial charge on any atom is 0.233 e. The summed E-state index contributed by atoms with van der Waals surface area (Å²) in [6.45, 7) is 6.06. The van der Waals surface area contributed by atoms with Crippen LogP contribution >= 0.6 is 0 Å². The van der Waals surface area contributed by atoms with Crippen LogP contribution in [0.15, 0.2) is 6.20 Å². The number of ether oxygens (including phenoxy) is 1. The van der Waals surface area contributed by atoms with Gasteiger partial charge in [0, 0.05) is 28.6 Å². The highest BCUT2D eigenvalue weighted by Crippen LogP contribution is 2.32. The van der Waals surface area contributed by atoms with Crippen LogP contribution in [0, 0.1) is 20.8 Å². The molecule has 2 N–H and O–H groups in total. The molecule has 0 fully saturated rings. The second kappa shape index (κ2) is 5.49. The number of hydrogen-bond donors (Lipinski definition) is 1. The Balaban J connectivity index is 2.01. The molecule has 2 aromatic heterocycles. The van der Waals surface area contributed by atoms with Gasteiger partial charge in [0.1, 0.15) is 11.6 Å². The van der Waals surface area contributed by atoms with Gasteiger partial charge in [-0.15, -0.1) is 0 Å². The van der Waals surface area contributed by atoms with Crippen molar-refractivity contribution in [3.8, 4) is 5.75 Å². The third-order valence-electron chi connectivity index (χ3n) is 4.15.